The molecule has 0 aromatic heterocycles. The first kappa shape index (κ1) is 14.1. The van der Waals surface area contributed by atoms with Crippen molar-refractivity contribution in [2.45, 2.75) is 26.2 Å². The number of rotatable bonds is 4. The highest BCUT2D eigenvalue weighted by Crippen LogP contribution is 2.31. The van der Waals surface area contributed by atoms with E-state index in [0.717, 1.165) is 11.4 Å². The maximum atomic E-state index is 3.53. The van der Waals surface area contributed by atoms with Gasteiger partial charge in [0.2, 0.25) is 0 Å². The molecule has 0 saturated heterocycles. The summed E-state index contributed by atoms with van der Waals surface area (Å²) < 4.78 is 0. The molecule has 1 N–H and O–H groups in total. The van der Waals surface area contributed by atoms with E-state index >= 15 is 0 Å². The molecule has 2 bridgehead atoms. The Morgan fingerprint density at radius 1 is 0.739 bits per heavy atom. The summed E-state index contributed by atoms with van der Waals surface area (Å²) in [5, 5.41) is 8.79. The fourth-order valence-electron chi connectivity index (χ4n) is 3.24. The smallest absolute Gasteiger partial charge is 0.0390 e. The van der Waals surface area contributed by atoms with E-state index in [-0.39, 0.29) is 0 Å². The van der Waals surface area contributed by atoms with Gasteiger partial charge in [0.15, 0.2) is 0 Å². The van der Waals surface area contributed by atoms with E-state index in [0.29, 0.717) is 5.92 Å². The number of hydrogen-bond donors (Lipinski definition) is 1. The lowest BCUT2D eigenvalue weighted by Crippen LogP contribution is -1.94. The van der Waals surface area contributed by atoms with Crippen LogP contribution in [0.1, 0.15) is 31.7 Å². The first-order valence-corrected chi connectivity index (χ1v) is 8.36. The zero-order valence-electron chi connectivity index (χ0n) is 13.6. The molecule has 0 aliphatic rings. The molecule has 5 aromatic carbocycles. The third-order valence-corrected chi connectivity index (χ3v) is 4.91. The van der Waals surface area contributed by atoms with Gasteiger partial charge in [0.05, 0.1) is 0 Å². The minimum Gasteiger partial charge on any atom is -0.356 e. The Balaban J connectivity index is 1.64. The SMILES string of the molecule is CCC(C)c1ccc(Nc2ccc3c4ccc(cc4)c3c2)cc1. The molecule has 0 radical (unpaired) electrons. The van der Waals surface area contributed by atoms with Crippen molar-refractivity contribution in [3.8, 4) is 0 Å². The van der Waals surface area contributed by atoms with Crippen LogP contribution in [0.15, 0.2) is 66.7 Å². The molecule has 1 nitrogen and oxygen atoms in total. The van der Waals surface area contributed by atoms with Crippen molar-refractivity contribution in [1.29, 1.82) is 0 Å². The molecule has 1 unspecified atom stereocenters. The number of hydrogen-bond acceptors (Lipinski definition) is 1. The van der Waals surface area contributed by atoms with Crippen molar-refractivity contribution in [2.24, 2.45) is 0 Å². The summed E-state index contributed by atoms with van der Waals surface area (Å²) in [6.07, 6.45) is 1.18. The van der Waals surface area contributed by atoms with Gasteiger partial charge in [-0.15, -0.1) is 0 Å². The fraction of sp³-hybridized carbons (Fsp3) is 0.182. The normalized spacial score (nSPS) is 12.8. The topological polar surface area (TPSA) is 12.0 Å². The van der Waals surface area contributed by atoms with Crippen molar-refractivity contribution in [3.63, 3.8) is 0 Å². The standard InChI is InChI=1S/C22H21N/c1-3-15(2)16-8-10-19(11-9-16)23-20-12-13-21-17-4-6-18(7-5-17)22(21)14-20/h4-15,23H,3H2,1-2H3. The van der Waals surface area contributed by atoms with E-state index in [1.54, 1.807) is 0 Å². The first-order chi connectivity index (χ1) is 11.2. The summed E-state index contributed by atoms with van der Waals surface area (Å²) in [4.78, 5) is 0. The van der Waals surface area contributed by atoms with Crippen molar-refractivity contribution in [1.82, 2.24) is 0 Å². The molecule has 0 aliphatic heterocycles. The van der Waals surface area contributed by atoms with Gasteiger partial charge in [-0.2, -0.15) is 0 Å². The number of fused-ring (bicyclic) bond motifs is 2. The Kier molecular flexibility index (Phi) is 3.42. The van der Waals surface area contributed by atoms with Gasteiger partial charge in [0, 0.05) is 11.4 Å². The van der Waals surface area contributed by atoms with Crippen molar-refractivity contribution < 1.29 is 0 Å². The van der Waals surface area contributed by atoms with Crippen LogP contribution in [0, 0.1) is 0 Å². The van der Waals surface area contributed by atoms with Crippen LogP contribution in [0.3, 0.4) is 0 Å². The second-order valence-corrected chi connectivity index (χ2v) is 6.39. The van der Waals surface area contributed by atoms with Crippen molar-refractivity contribution >= 4 is 32.9 Å². The maximum Gasteiger partial charge on any atom is 0.0390 e. The molecule has 1 heteroatoms. The summed E-state index contributed by atoms with van der Waals surface area (Å²) in [6.45, 7) is 4.51. The average molecular weight is 299 g/mol. The van der Waals surface area contributed by atoms with Crippen LogP contribution in [0.25, 0.3) is 21.5 Å². The van der Waals surface area contributed by atoms with Crippen molar-refractivity contribution in [3.05, 3.63) is 72.3 Å². The lowest BCUT2D eigenvalue weighted by atomic mass is 9.98. The molecule has 0 heterocycles. The summed E-state index contributed by atoms with van der Waals surface area (Å²) >= 11 is 0. The van der Waals surface area contributed by atoms with Gasteiger partial charge in [0.25, 0.3) is 0 Å². The molecule has 114 valence electrons. The third kappa shape index (κ3) is 2.53. The van der Waals surface area contributed by atoms with Crippen LogP contribution < -0.4 is 5.32 Å². The molecule has 5 rings (SSSR count). The number of anilines is 2. The zero-order valence-corrected chi connectivity index (χ0v) is 13.6. The van der Waals surface area contributed by atoms with Gasteiger partial charge in [0.1, 0.15) is 0 Å². The third-order valence-electron chi connectivity index (χ3n) is 4.91. The Hall–Kier alpha value is -2.54. The molecule has 23 heavy (non-hydrogen) atoms. The molecular formula is C22H21N. The summed E-state index contributed by atoms with van der Waals surface area (Å²) in [5.74, 6) is 0.621. The highest BCUT2D eigenvalue weighted by Gasteiger charge is 2.05. The van der Waals surface area contributed by atoms with Crippen LogP contribution in [0.4, 0.5) is 11.4 Å². The van der Waals surface area contributed by atoms with E-state index in [1.807, 2.05) is 0 Å². The van der Waals surface area contributed by atoms with E-state index < -0.39 is 0 Å². The van der Waals surface area contributed by atoms with Crippen LogP contribution >= 0.6 is 0 Å². The van der Waals surface area contributed by atoms with E-state index in [1.165, 1.54) is 33.5 Å². The van der Waals surface area contributed by atoms with E-state index in [2.05, 4.69) is 85.9 Å². The van der Waals surface area contributed by atoms with Crippen LogP contribution in [-0.2, 0) is 0 Å². The van der Waals surface area contributed by atoms with Gasteiger partial charge in [-0.1, -0.05) is 56.3 Å². The lowest BCUT2D eigenvalue weighted by molar-refractivity contribution is 0.734. The van der Waals surface area contributed by atoms with Crippen molar-refractivity contribution in [2.75, 3.05) is 5.32 Å². The van der Waals surface area contributed by atoms with Gasteiger partial charge in [-0.05, 0) is 63.7 Å². The predicted molar refractivity (Wildman–Crippen MR) is 101 cm³/mol. The molecule has 0 spiro atoms. The Morgan fingerprint density at radius 3 is 2.00 bits per heavy atom. The van der Waals surface area contributed by atoms with Crippen LogP contribution in [-0.4, -0.2) is 0 Å². The number of benzene rings is 5. The minimum atomic E-state index is 0.621. The van der Waals surface area contributed by atoms with Gasteiger partial charge >= 0.3 is 0 Å². The van der Waals surface area contributed by atoms with E-state index in [4.69, 9.17) is 0 Å². The molecule has 0 amide bonds. The molecule has 1 atom stereocenters. The summed E-state index contributed by atoms with van der Waals surface area (Å²) in [6, 6.07) is 24.2. The maximum absolute atomic E-state index is 3.53. The second kappa shape index (κ2) is 5.58. The Morgan fingerprint density at radius 2 is 1.35 bits per heavy atom. The van der Waals surface area contributed by atoms with E-state index in [9.17, 15) is 0 Å². The minimum absolute atomic E-state index is 0.621. The molecule has 0 saturated carbocycles. The first-order valence-electron chi connectivity index (χ1n) is 8.36. The zero-order chi connectivity index (χ0) is 15.8. The van der Waals surface area contributed by atoms with Crippen LogP contribution in [0.2, 0.25) is 0 Å². The molecule has 0 fully saturated rings. The number of nitrogens with one attached hydrogen (secondary N) is 1. The lowest BCUT2D eigenvalue weighted by Gasteiger charge is -2.13. The second-order valence-electron chi connectivity index (χ2n) is 6.39. The largest absolute Gasteiger partial charge is 0.356 e. The van der Waals surface area contributed by atoms with Gasteiger partial charge in [-0.25, -0.2) is 0 Å². The monoisotopic (exact) mass is 299 g/mol. The van der Waals surface area contributed by atoms with Crippen LogP contribution in [0.5, 0.6) is 0 Å². The average Bonchev–Trinajstić information content (AvgIpc) is 2.62. The highest BCUT2D eigenvalue weighted by atomic mass is 14.9. The highest BCUT2D eigenvalue weighted by molar-refractivity contribution is 6.10. The molecular weight excluding hydrogens is 278 g/mol. The molecule has 0 aliphatic carbocycles. The van der Waals surface area contributed by atoms with Gasteiger partial charge < -0.3 is 5.32 Å². The molecule has 5 aromatic rings. The summed E-state index contributed by atoms with van der Waals surface area (Å²) in [5.41, 5.74) is 3.69. The fourth-order valence-corrected chi connectivity index (χ4v) is 3.24. The Labute approximate surface area is 137 Å². The Bertz CT molecular complexity index is 917. The summed E-state index contributed by atoms with van der Waals surface area (Å²) in [7, 11) is 0. The predicted octanol–water partition coefficient (Wildman–Crippen LogP) is 6.69. The van der Waals surface area contributed by atoms with Gasteiger partial charge in [-0.3, -0.25) is 0 Å². The quantitative estimate of drug-likeness (QED) is 0.442.